The summed E-state index contributed by atoms with van der Waals surface area (Å²) < 4.78 is 1.68. The Kier molecular flexibility index (Phi) is 3.34. The number of carbonyl (C=O) groups excluding carboxylic acids is 1. The minimum Gasteiger partial charge on any atom is -0.396 e. The second-order valence-corrected chi connectivity index (χ2v) is 4.01. The highest BCUT2D eigenvalue weighted by Gasteiger charge is 2.08. The Morgan fingerprint density at radius 1 is 1.59 bits per heavy atom. The zero-order chi connectivity index (χ0) is 12.3. The van der Waals surface area contributed by atoms with Crippen molar-refractivity contribution in [1.82, 2.24) is 19.9 Å². The number of rotatable bonds is 4. The van der Waals surface area contributed by atoms with Gasteiger partial charge in [0.05, 0.1) is 5.56 Å². The van der Waals surface area contributed by atoms with Gasteiger partial charge >= 0.3 is 0 Å². The number of aliphatic hydroxyl groups excluding tert-OH is 1. The molecule has 0 spiro atoms. The van der Waals surface area contributed by atoms with Gasteiger partial charge < -0.3 is 10.4 Å². The van der Waals surface area contributed by atoms with Gasteiger partial charge in [-0.05, 0) is 18.1 Å². The molecule has 6 heteroatoms. The van der Waals surface area contributed by atoms with Crippen LogP contribution in [0.1, 0.15) is 17.3 Å². The molecule has 6 nitrogen and oxygen atoms in total. The fourth-order valence-electron chi connectivity index (χ4n) is 1.40. The first kappa shape index (κ1) is 11.5. The highest BCUT2D eigenvalue weighted by Crippen LogP contribution is 2.03. The summed E-state index contributed by atoms with van der Waals surface area (Å²) in [5.74, 6) is -0.113. The molecule has 0 bridgehead atoms. The molecule has 17 heavy (non-hydrogen) atoms. The molecule has 0 radical (unpaired) electrons. The molecule has 2 N–H and O–H groups in total. The predicted octanol–water partition coefficient (Wildman–Crippen LogP) is 0.0875. The lowest BCUT2D eigenvalue weighted by molar-refractivity contribution is 0.0942. The van der Waals surface area contributed by atoms with Crippen LogP contribution in [0, 0.1) is 5.92 Å². The van der Waals surface area contributed by atoms with Gasteiger partial charge in [-0.25, -0.2) is 0 Å². The van der Waals surface area contributed by atoms with E-state index in [1.165, 1.54) is 0 Å². The first-order valence-electron chi connectivity index (χ1n) is 5.39. The number of carbonyl (C=O) groups is 1. The molecule has 1 amide bonds. The minimum absolute atomic E-state index is 0.0533. The zero-order valence-electron chi connectivity index (χ0n) is 9.50. The van der Waals surface area contributed by atoms with Gasteiger partial charge in [-0.1, -0.05) is 6.92 Å². The largest absolute Gasteiger partial charge is 0.396 e. The van der Waals surface area contributed by atoms with Crippen molar-refractivity contribution >= 4 is 11.6 Å². The Balaban J connectivity index is 2.08. The Morgan fingerprint density at radius 3 is 3.18 bits per heavy atom. The van der Waals surface area contributed by atoms with E-state index in [9.17, 15) is 4.79 Å². The summed E-state index contributed by atoms with van der Waals surface area (Å²) >= 11 is 0. The average Bonchev–Trinajstić information content (AvgIpc) is 2.82. The number of pyridine rings is 1. The van der Waals surface area contributed by atoms with Gasteiger partial charge in [0.25, 0.3) is 5.91 Å². The number of hydrogen-bond acceptors (Lipinski definition) is 4. The number of nitrogens with zero attached hydrogens (tertiary/aromatic N) is 3. The molecule has 0 aliphatic carbocycles. The molecule has 2 aromatic heterocycles. The van der Waals surface area contributed by atoms with Crippen LogP contribution in [0.25, 0.3) is 5.65 Å². The molecule has 0 aromatic carbocycles. The number of hydrogen-bond donors (Lipinski definition) is 2. The molecule has 1 atom stereocenters. The lowest BCUT2D eigenvalue weighted by Crippen LogP contribution is -2.29. The molecule has 2 rings (SSSR count). The quantitative estimate of drug-likeness (QED) is 0.785. The van der Waals surface area contributed by atoms with E-state index in [4.69, 9.17) is 5.11 Å². The molecule has 0 saturated carbocycles. The van der Waals surface area contributed by atoms with E-state index >= 15 is 0 Å². The van der Waals surface area contributed by atoms with Gasteiger partial charge in [0, 0.05) is 19.3 Å². The van der Waals surface area contributed by atoms with E-state index in [1.807, 2.05) is 6.92 Å². The molecule has 0 fully saturated rings. The molecule has 90 valence electrons. The number of amides is 1. The highest BCUT2D eigenvalue weighted by atomic mass is 16.3. The normalized spacial score (nSPS) is 12.6. The van der Waals surface area contributed by atoms with Crippen molar-refractivity contribution in [2.75, 3.05) is 13.2 Å². The lowest BCUT2D eigenvalue weighted by atomic mass is 10.2. The van der Waals surface area contributed by atoms with Crippen LogP contribution in [0.3, 0.4) is 0 Å². The van der Waals surface area contributed by atoms with Crippen LogP contribution in [-0.2, 0) is 0 Å². The van der Waals surface area contributed by atoms with E-state index in [-0.39, 0.29) is 18.4 Å². The van der Waals surface area contributed by atoms with Gasteiger partial charge in [-0.15, -0.1) is 10.2 Å². The van der Waals surface area contributed by atoms with Crippen molar-refractivity contribution in [1.29, 1.82) is 0 Å². The molecular formula is C11H14N4O2. The Hall–Kier alpha value is -1.95. The second kappa shape index (κ2) is 4.92. The summed E-state index contributed by atoms with van der Waals surface area (Å²) in [6.45, 7) is 2.38. The molecule has 1 unspecified atom stereocenters. The monoisotopic (exact) mass is 234 g/mol. The van der Waals surface area contributed by atoms with E-state index in [2.05, 4.69) is 15.5 Å². The molecule has 2 heterocycles. The predicted molar refractivity (Wildman–Crippen MR) is 61.6 cm³/mol. The molecule has 0 aliphatic heterocycles. The second-order valence-electron chi connectivity index (χ2n) is 4.01. The van der Waals surface area contributed by atoms with Gasteiger partial charge in [0.15, 0.2) is 5.65 Å². The average molecular weight is 234 g/mol. The number of nitrogens with one attached hydrogen (secondary N) is 1. The first-order chi connectivity index (χ1) is 8.20. The van der Waals surface area contributed by atoms with Gasteiger partial charge in [0.2, 0.25) is 0 Å². The van der Waals surface area contributed by atoms with E-state index < -0.39 is 0 Å². The zero-order valence-corrected chi connectivity index (χ0v) is 9.50. The van der Waals surface area contributed by atoms with Crippen LogP contribution in [0.15, 0.2) is 24.7 Å². The Labute approximate surface area is 98.3 Å². The van der Waals surface area contributed by atoms with Crippen molar-refractivity contribution in [3.63, 3.8) is 0 Å². The number of aliphatic hydroxyl groups is 1. The minimum atomic E-state index is -0.166. The number of fused-ring (bicyclic) bond motifs is 1. The Morgan fingerprint density at radius 2 is 2.41 bits per heavy atom. The van der Waals surface area contributed by atoms with Crippen molar-refractivity contribution in [2.45, 2.75) is 6.92 Å². The van der Waals surface area contributed by atoms with Crippen LogP contribution in [0.4, 0.5) is 0 Å². The van der Waals surface area contributed by atoms with Crippen LogP contribution in [-0.4, -0.2) is 38.8 Å². The molecule has 2 aromatic rings. The summed E-state index contributed by atoms with van der Waals surface area (Å²) in [4.78, 5) is 11.8. The Bertz CT molecular complexity index is 523. The lowest BCUT2D eigenvalue weighted by Gasteiger charge is -2.09. The van der Waals surface area contributed by atoms with E-state index in [0.29, 0.717) is 17.8 Å². The van der Waals surface area contributed by atoms with Crippen molar-refractivity contribution in [3.05, 3.63) is 30.2 Å². The van der Waals surface area contributed by atoms with Crippen molar-refractivity contribution in [3.8, 4) is 0 Å². The molecule has 0 aliphatic rings. The standard InChI is InChI=1S/C11H14N4O2/c1-8(6-16)4-12-11(17)9-2-3-10-14-13-7-15(10)5-9/h2-3,5,7-8,16H,4,6H2,1H3,(H,12,17). The van der Waals surface area contributed by atoms with Gasteiger partial charge in [0.1, 0.15) is 6.33 Å². The SMILES string of the molecule is CC(CO)CNC(=O)c1ccc2nncn2c1. The third kappa shape index (κ3) is 2.59. The maximum Gasteiger partial charge on any atom is 0.252 e. The van der Waals surface area contributed by atoms with Crippen molar-refractivity contribution in [2.24, 2.45) is 5.92 Å². The molecule has 0 saturated heterocycles. The fraction of sp³-hybridized carbons (Fsp3) is 0.364. The van der Waals surface area contributed by atoms with E-state index in [0.717, 1.165) is 0 Å². The van der Waals surface area contributed by atoms with Crippen LogP contribution >= 0.6 is 0 Å². The van der Waals surface area contributed by atoms with Crippen LogP contribution in [0.5, 0.6) is 0 Å². The summed E-state index contributed by atoms with van der Waals surface area (Å²) in [7, 11) is 0. The maximum atomic E-state index is 11.8. The van der Waals surface area contributed by atoms with Gasteiger partial charge in [-0.2, -0.15) is 0 Å². The first-order valence-corrected chi connectivity index (χ1v) is 5.39. The van der Waals surface area contributed by atoms with Crippen LogP contribution in [0.2, 0.25) is 0 Å². The smallest absolute Gasteiger partial charge is 0.252 e. The third-order valence-electron chi connectivity index (χ3n) is 2.48. The summed E-state index contributed by atoms with van der Waals surface area (Å²) in [6, 6.07) is 3.43. The van der Waals surface area contributed by atoms with Gasteiger partial charge in [-0.3, -0.25) is 9.20 Å². The topological polar surface area (TPSA) is 79.5 Å². The number of aromatic nitrogens is 3. The molecular weight excluding hydrogens is 220 g/mol. The third-order valence-corrected chi connectivity index (χ3v) is 2.48. The van der Waals surface area contributed by atoms with E-state index in [1.54, 1.807) is 29.1 Å². The highest BCUT2D eigenvalue weighted by molar-refractivity contribution is 5.94. The summed E-state index contributed by atoms with van der Waals surface area (Å²) in [5, 5.41) is 19.2. The maximum absolute atomic E-state index is 11.8. The van der Waals surface area contributed by atoms with Crippen LogP contribution < -0.4 is 5.32 Å². The van der Waals surface area contributed by atoms with Crippen molar-refractivity contribution < 1.29 is 9.90 Å². The summed E-state index contributed by atoms with van der Waals surface area (Å²) in [6.07, 6.45) is 3.22. The fourth-order valence-corrected chi connectivity index (χ4v) is 1.40. The summed E-state index contributed by atoms with van der Waals surface area (Å²) in [5.41, 5.74) is 1.24.